The zero-order chi connectivity index (χ0) is 18.8. The molecule has 27 heavy (non-hydrogen) atoms. The van der Waals surface area contributed by atoms with Crippen LogP contribution in [0, 0.1) is 13.8 Å². The molecule has 0 bridgehead atoms. The minimum absolute atomic E-state index is 0.0899. The molecule has 0 spiro atoms. The first-order valence-corrected chi connectivity index (χ1v) is 9.41. The predicted octanol–water partition coefficient (Wildman–Crippen LogP) is 5.05. The van der Waals surface area contributed by atoms with E-state index < -0.39 is 6.04 Å². The van der Waals surface area contributed by atoms with E-state index in [2.05, 4.69) is 43.4 Å². The first-order valence-electron chi connectivity index (χ1n) is 9.41. The summed E-state index contributed by atoms with van der Waals surface area (Å²) in [4.78, 5) is 15.5. The minimum atomic E-state index is -0.419. The highest BCUT2D eigenvalue weighted by Crippen LogP contribution is 2.32. The first kappa shape index (κ1) is 17.3. The van der Waals surface area contributed by atoms with Gasteiger partial charge in [0.15, 0.2) is 0 Å². The quantitative estimate of drug-likeness (QED) is 0.710. The molecule has 0 saturated heterocycles. The van der Waals surface area contributed by atoms with Crippen molar-refractivity contribution in [3.63, 3.8) is 0 Å². The van der Waals surface area contributed by atoms with Crippen LogP contribution in [-0.2, 0) is 11.2 Å². The molecule has 1 heterocycles. The molecule has 136 valence electrons. The summed E-state index contributed by atoms with van der Waals surface area (Å²) in [5.74, 6) is 0.0899. The molecular weight excluding hydrogens is 332 g/mol. The fourth-order valence-electron chi connectivity index (χ4n) is 3.66. The molecule has 1 aliphatic rings. The molecule has 0 aliphatic carbocycles. The number of hydrogen-bond acceptors (Lipinski definition) is 2. The molecule has 1 amide bonds. The average molecular weight is 356 g/mol. The Labute approximate surface area is 160 Å². The normalized spacial score (nSPS) is 13.9. The Morgan fingerprint density at radius 3 is 2.41 bits per heavy atom. The molecule has 3 aromatic carbocycles. The third kappa shape index (κ3) is 3.45. The molecule has 1 unspecified atom stereocenters. The van der Waals surface area contributed by atoms with Crippen molar-refractivity contribution in [3.05, 3.63) is 95.1 Å². The summed E-state index contributed by atoms with van der Waals surface area (Å²) >= 11 is 0. The van der Waals surface area contributed by atoms with Crippen LogP contribution in [-0.4, -0.2) is 12.5 Å². The number of nitrogens with zero attached hydrogens (tertiary/aromatic N) is 1. The van der Waals surface area contributed by atoms with Gasteiger partial charge in [-0.3, -0.25) is 4.79 Å². The van der Waals surface area contributed by atoms with Crippen LogP contribution >= 0.6 is 0 Å². The Kier molecular flexibility index (Phi) is 4.68. The molecule has 3 aromatic rings. The van der Waals surface area contributed by atoms with Crippen LogP contribution in [0.3, 0.4) is 0 Å². The third-order valence-electron chi connectivity index (χ3n) is 5.26. The number of hydrogen-bond donors (Lipinski definition) is 1. The number of benzene rings is 3. The number of carbonyl (C=O) groups excluding carboxylic acids is 1. The molecule has 3 heteroatoms. The van der Waals surface area contributed by atoms with Gasteiger partial charge in [-0.05, 0) is 49.1 Å². The number of fused-ring (bicyclic) bond motifs is 1. The number of para-hydroxylation sites is 2. The van der Waals surface area contributed by atoms with Gasteiger partial charge in [-0.15, -0.1) is 0 Å². The summed E-state index contributed by atoms with van der Waals surface area (Å²) in [6, 6.07) is 24.1. The van der Waals surface area contributed by atoms with Crippen molar-refractivity contribution in [3.8, 4) is 0 Å². The largest absolute Gasteiger partial charge is 0.370 e. The average Bonchev–Trinajstić information content (AvgIpc) is 3.12. The molecule has 0 radical (unpaired) electrons. The number of aryl methyl sites for hydroxylation is 2. The number of nitrogens with one attached hydrogen (secondary N) is 1. The SMILES string of the molecule is Cc1ccc(C(Nc2ccccc2C)C(=O)N2CCc3ccccc32)cc1. The predicted molar refractivity (Wildman–Crippen MR) is 111 cm³/mol. The van der Waals surface area contributed by atoms with Crippen LogP contribution < -0.4 is 10.2 Å². The molecule has 1 N–H and O–H groups in total. The lowest BCUT2D eigenvalue weighted by atomic mass is 10.0. The highest BCUT2D eigenvalue weighted by Gasteiger charge is 2.31. The van der Waals surface area contributed by atoms with Gasteiger partial charge in [0.1, 0.15) is 6.04 Å². The molecule has 1 aliphatic heterocycles. The summed E-state index contributed by atoms with van der Waals surface area (Å²) in [5.41, 5.74) is 6.56. The molecule has 4 rings (SSSR count). The van der Waals surface area contributed by atoms with E-state index in [1.807, 2.05) is 53.4 Å². The number of carbonyl (C=O) groups is 1. The van der Waals surface area contributed by atoms with Crippen molar-refractivity contribution in [2.45, 2.75) is 26.3 Å². The Morgan fingerprint density at radius 2 is 1.63 bits per heavy atom. The maximum Gasteiger partial charge on any atom is 0.254 e. The van der Waals surface area contributed by atoms with Gasteiger partial charge in [-0.2, -0.15) is 0 Å². The van der Waals surface area contributed by atoms with Crippen LogP contribution in [0.4, 0.5) is 11.4 Å². The van der Waals surface area contributed by atoms with Crippen LogP contribution in [0.15, 0.2) is 72.8 Å². The summed E-state index contributed by atoms with van der Waals surface area (Å²) in [7, 11) is 0. The topological polar surface area (TPSA) is 32.3 Å². The maximum absolute atomic E-state index is 13.6. The standard InChI is InChI=1S/C24H24N2O/c1-17-11-13-20(14-12-17)23(25-21-9-5-3-7-18(21)2)24(27)26-16-15-19-8-4-6-10-22(19)26/h3-14,23,25H,15-16H2,1-2H3. The zero-order valence-corrected chi connectivity index (χ0v) is 15.8. The van der Waals surface area contributed by atoms with Gasteiger partial charge in [0.2, 0.25) is 0 Å². The van der Waals surface area contributed by atoms with E-state index in [0.717, 1.165) is 35.5 Å². The van der Waals surface area contributed by atoms with E-state index in [0.29, 0.717) is 0 Å². The van der Waals surface area contributed by atoms with Gasteiger partial charge in [0.25, 0.3) is 5.91 Å². The number of rotatable bonds is 4. The molecule has 0 fully saturated rings. The Bertz CT molecular complexity index is 962. The van der Waals surface area contributed by atoms with Crippen molar-refractivity contribution < 1.29 is 4.79 Å². The summed E-state index contributed by atoms with van der Waals surface area (Å²) in [5, 5.41) is 3.50. The van der Waals surface area contributed by atoms with E-state index >= 15 is 0 Å². The first-order chi connectivity index (χ1) is 13.1. The van der Waals surface area contributed by atoms with E-state index in [4.69, 9.17) is 0 Å². The Balaban J connectivity index is 1.70. The third-order valence-corrected chi connectivity index (χ3v) is 5.26. The van der Waals surface area contributed by atoms with Crippen molar-refractivity contribution in [2.24, 2.45) is 0 Å². The number of amides is 1. The van der Waals surface area contributed by atoms with E-state index in [-0.39, 0.29) is 5.91 Å². The number of anilines is 2. The second kappa shape index (κ2) is 7.28. The van der Waals surface area contributed by atoms with Gasteiger partial charge >= 0.3 is 0 Å². The molecule has 0 aromatic heterocycles. The van der Waals surface area contributed by atoms with Crippen molar-refractivity contribution in [2.75, 3.05) is 16.8 Å². The highest BCUT2D eigenvalue weighted by molar-refractivity contribution is 6.01. The lowest BCUT2D eigenvalue weighted by Gasteiger charge is -2.26. The molecule has 0 saturated carbocycles. The molecular formula is C24H24N2O. The van der Waals surface area contributed by atoms with Gasteiger partial charge < -0.3 is 10.2 Å². The second-order valence-electron chi connectivity index (χ2n) is 7.17. The van der Waals surface area contributed by atoms with Crippen LogP contribution in [0.2, 0.25) is 0 Å². The van der Waals surface area contributed by atoms with Crippen LogP contribution in [0.25, 0.3) is 0 Å². The second-order valence-corrected chi connectivity index (χ2v) is 7.17. The lowest BCUT2D eigenvalue weighted by molar-refractivity contribution is -0.119. The minimum Gasteiger partial charge on any atom is -0.370 e. The summed E-state index contributed by atoms with van der Waals surface area (Å²) < 4.78 is 0. The lowest BCUT2D eigenvalue weighted by Crippen LogP contribution is -2.37. The molecule has 3 nitrogen and oxygen atoms in total. The highest BCUT2D eigenvalue weighted by atomic mass is 16.2. The van der Waals surface area contributed by atoms with E-state index in [9.17, 15) is 4.79 Å². The fourth-order valence-corrected chi connectivity index (χ4v) is 3.66. The van der Waals surface area contributed by atoms with Crippen LogP contribution in [0.1, 0.15) is 28.3 Å². The van der Waals surface area contributed by atoms with E-state index in [1.165, 1.54) is 11.1 Å². The smallest absolute Gasteiger partial charge is 0.254 e. The van der Waals surface area contributed by atoms with Crippen molar-refractivity contribution in [1.29, 1.82) is 0 Å². The summed E-state index contributed by atoms with van der Waals surface area (Å²) in [6.45, 7) is 4.85. The fraction of sp³-hybridized carbons (Fsp3) is 0.208. The van der Waals surface area contributed by atoms with Gasteiger partial charge in [-0.25, -0.2) is 0 Å². The zero-order valence-electron chi connectivity index (χ0n) is 15.8. The van der Waals surface area contributed by atoms with Crippen molar-refractivity contribution >= 4 is 17.3 Å². The monoisotopic (exact) mass is 356 g/mol. The van der Waals surface area contributed by atoms with Crippen molar-refractivity contribution in [1.82, 2.24) is 0 Å². The Morgan fingerprint density at radius 1 is 0.926 bits per heavy atom. The van der Waals surface area contributed by atoms with Gasteiger partial charge in [0.05, 0.1) is 0 Å². The van der Waals surface area contributed by atoms with E-state index in [1.54, 1.807) is 0 Å². The van der Waals surface area contributed by atoms with Gasteiger partial charge in [0, 0.05) is 17.9 Å². The summed E-state index contributed by atoms with van der Waals surface area (Å²) in [6.07, 6.45) is 0.910. The maximum atomic E-state index is 13.6. The molecule has 1 atom stereocenters. The van der Waals surface area contributed by atoms with Crippen LogP contribution in [0.5, 0.6) is 0 Å². The Hall–Kier alpha value is -3.07. The van der Waals surface area contributed by atoms with Gasteiger partial charge in [-0.1, -0.05) is 66.2 Å².